The fraction of sp³-hybridized carbons (Fsp3) is 0.333. The molecule has 0 bridgehead atoms. The number of hydrogen-bond acceptors (Lipinski definition) is 2. The van der Waals surface area contributed by atoms with Crippen LogP contribution in [0.25, 0.3) is 0 Å². The van der Waals surface area contributed by atoms with Gasteiger partial charge in [0.15, 0.2) is 0 Å². The second-order valence-corrected chi connectivity index (χ2v) is 7.20. The Kier molecular flexibility index (Phi) is 6.14. The van der Waals surface area contributed by atoms with Gasteiger partial charge in [0.1, 0.15) is 5.82 Å². The molecule has 0 aliphatic rings. The van der Waals surface area contributed by atoms with Gasteiger partial charge in [0.2, 0.25) is 5.91 Å². The van der Waals surface area contributed by atoms with Gasteiger partial charge in [-0.1, -0.05) is 39.0 Å². The highest BCUT2D eigenvalue weighted by Crippen LogP contribution is 2.31. The monoisotopic (exact) mass is 356 g/mol. The molecule has 0 aliphatic heterocycles. The summed E-state index contributed by atoms with van der Waals surface area (Å²) in [7, 11) is 0. The van der Waals surface area contributed by atoms with Gasteiger partial charge in [0.05, 0.1) is 0 Å². The number of hydrogen-bond donors (Lipinski definition) is 1. The molecule has 0 unspecified atom stereocenters. The number of nitrogens with one attached hydrogen (secondary N) is 1. The topological polar surface area (TPSA) is 49.4 Å². The third kappa shape index (κ3) is 4.91. The molecule has 0 aliphatic carbocycles. The first-order valence-corrected chi connectivity index (χ1v) is 8.61. The first-order valence-electron chi connectivity index (χ1n) is 8.61. The lowest BCUT2D eigenvalue weighted by Gasteiger charge is -2.29. The van der Waals surface area contributed by atoms with Gasteiger partial charge in [-0.15, -0.1) is 0 Å². The average Bonchev–Trinajstić information content (AvgIpc) is 2.58. The summed E-state index contributed by atoms with van der Waals surface area (Å²) in [4.78, 5) is 26.0. The van der Waals surface area contributed by atoms with Crippen molar-refractivity contribution in [2.24, 2.45) is 0 Å². The van der Waals surface area contributed by atoms with E-state index in [9.17, 15) is 14.0 Å². The number of carbonyl (C=O) groups excluding carboxylic acids is 2. The van der Waals surface area contributed by atoms with E-state index in [2.05, 4.69) is 26.1 Å². The van der Waals surface area contributed by atoms with E-state index >= 15 is 0 Å². The summed E-state index contributed by atoms with van der Waals surface area (Å²) < 4.78 is 12.9. The Morgan fingerprint density at radius 3 is 2.23 bits per heavy atom. The molecule has 0 heterocycles. The highest BCUT2D eigenvalue weighted by molar-refractivity contribution is 5.95. The van der Waals surface area contributed by atoms with Crippen LogP contribution in [0.4, 0.5) is 10.1 Å². The van der Waals surface area contributed by atoms with E-state index in [-0.39, 0.29) is 23.0 Å². The van der Waals surface area contributed by atoms with Crippen LogP contribution >= 0.6 is 0 Å². The predicted octanol–water partition coefficient (Wildman–Crippen LogP) is 3.91. The van der Waals surface area contributed by atoms with Crippen LogP contribution in [0.1, 0.15) is 43.6 Å². The predicted molar refractivity (Wildman–Crippen MR) is 102 cm³/mol. The normalized spacial score (nSPS) is 11.1. The van der Waals surface area contributed by atoms with Gasteiger partial charge in [-0.25, -0.2) is 4.39 Å². The first-order chi connectivity index (χ1) is 12.2. The lowest BCUT2D eigenvalue weighted by molar-refractivity contribution is -0.116. The minimum atomic E-state index is -0.386. The second kappa shape index (κ2) is 8.13. The Labute approximate surface area is 154 Å². The molecule has 0 fully saturated rings. The highest BCUT2D eigenvalue weighted by atomic mass is 19.1. The number of amides is 2. The van der Waals surface area contributed by atoms with Crippen molar-refractivity contribution in [3.63, 3.8) is 0 Å². The molecule has 2 rings (SSSR count). The van der Waals surface area contributed by atoms with E-state index in [1.807, 2.05) is 24.3 Å². The lowest BCUT2D eigenvalue weighted by Crippen LogP contribution is -2.38. The summed E-state index contributed by atoms with van der Waals surface area (Å²) in [6.45, 7) is 8.46. The minimum absolute atomic E-state index is 0.0854. The number of nitrogens with zero attached hydrogens (tertiary/aromatic N) is 1. The zero-order chi connectivity index (χ0) is 19.3. The zero-order valence-corrected chi connectivity index (χ0v) is 15.7. The Bertz CT molecular complexity index is 779. The molecule has 0 atom stereocenters. The molecule has 0 saturated carbocycles. The maximum Gasteiger partial charge on any atom is 0.251 e. The van der Waals surface area contributed by atoms with Crippen LogP contribution in [0.2, 0.25) is 0 Å². The third-order valence-electron chi connectivity index (χ3n) is 4.11. The van der Waals surface area contributed by atoms with E-state index in [1.54, 1.807) is 4.90 Å². The second-order valence-electron chi connectivity index (χ2n) is 7.20. The average molecular weight is 356 g/mol. The molecule has 4 nitrogen and oxygen atoms in total. The fourth-order valence-electron chi connectivity index (χ4n) is 2.78. The number of carbonyl (C=O) groups is 2. The largest absolute Gasteiger partial charge is 0.350 e. The standard InChI is InChI=1S/C21H25FN2O2/c1-15(25)24(19-8-6-5-7-18(19)21(2,3)4)14-13-23-20(26)16-9-11-17(22)12-10-16/h5-12H,13-14H2,1-4H3,(H,23,26). The molecule has 0 spiro atoms. The molecule has 2 aromatic carbocycles. The van der Waals surface area contributed by atoms with Gasteiger partial charge in [0, 0.05) is 31.3 Å². The van der Waals surface area contributed by atoms with Crippen molar-refractivity contribution in [2.45, 2.75) is 33.1 Å². The number of anilines is 1. The Hall–Kier alpha value is -2.69. The fourth-order valence-corrected chi connectivity index (χ4v) is 2.78. The number of rotatable bonds is 5. The summed E-state index contributed by atoms with van der Waals surface area (Å²) in [6.07, 6.45) is 0. The van der Waals surface area contributed by atoms with Gasteiger partial charge in [-0.2, -0.15) is 0 Å². The van der Waals surface area contributed by atoms with Gasteiger partial charge >= 0.3 is 0 Å². The maximum absolute atomic E-state index is 12.9. The van der Waals surface area contributed by atoms with E-state index in [4.69, 9.17) is 0 Å². The summed E-state index contributed by atoms with van der Waals surface area (Å²) in [6, 6.07) is 13.2. The van der Waals surface area contributed by atoms with Crippen LogP contribution in [0.15, 0.2) is 48.5 Å². The van der Waals surface area contributed by atoms with Crippen LogP contribution in [-0.4, -0.2) is 24.9 Å². The van der Waals surface area contributed by atoms with Crippen molar-refractivity contribution < 1.29 is 14.0 Å². The first kappa shape index (κ1) is 19.6. The Morgan fingerprint density at radius 1 is 1.04 bits per heavy atom. The molecule has 0 aromatic heterocycles. The van der Waals surface area contributed by atoms with Crippen LogP contribution < -0.4 is 10.2 Å². The quantitative estimate of drug-likeness (QED) is 0.883. The van der Waals surface area contributed by atoms with Crippen LogP contribution in [0, 0.1) is 5.82 Å². The molecule has 2 amide bonds. The molecule has 5 heteroatoms. The van der Waals surface area contributed by atoms with Crippen molar-refractivity contribution in [1.29, 1.82) is 0 Å². The maximum atomic E-state index is 12.9. The van der Waals surface area contributed by atoms with E-state index < -0.39 is 0 Å². The molecule has 26 heavy (non-hydrogen) atoms. The minimum Gasteiger partial charge on any atom is -0.350 e. The van der Waals surface area contributed by atoms with Crippen molar-refractivity contribution >= 4 is 17.5 Å². The number of benzene rings is 2. The Morgan fingerprint density at radius 2 is 1.65 bits per heavy atom. The van der Waals surface area contributed by atoms with Crippen molar-refractivity contribution in [3.8, 4) is 0 Å². The molecular weight excluding hydrogens is 331 g/mol. The molecule has 0 saturated heterocycles. The summed E-state index contributed by atoms with van der Waals surface area (Å²) in [5, 5.41) is 2.78. The van der Waals surface area contributed by atoms with Crippen LogP contribution in [0.3, 0.4) is 0 Å². The van der Waals surface area contributed by atoms with Gasteiger partial charge < -0.3 is 10.2 Å². The van der Waals surface area contributed by atoms with Gasteiger partial charge in [0.25, 0.3) is 5.91 Å². The molecular formula is C21H25FN2O2. The highest BCUT2D eigenvalue weighted by Gasteiger charge is 2.22. The van der Waals surface area contributed by atoms with Crippen molar-refractivity contribution in [2.75, 3.05) is 18.0 Å². The van der Waals surface area contributed by atoms with Crippen LogP contribution in [-0.2, 0) is 10.2 Å². The van der Waals surface area contributed by atoms with Gasteiger partial charge in [-0.3, -0.25) is 9.59 Å². The number of halogens is 1. The van der Waals surface area contributed by atoms with Crippen molar-refractivity contribution in [3.05, 3.63) is 65.5 Å². The van der Waals surface area contributed by atoms with Gasteiger partial charge in [-0.05, 0) is 41.3 Å². The van der Waals surface area contributed by atoms with Crippen LogP contribution in [0.5, 0.6) is 0 Å². The SMILES string of the molecule is CC(=O)N(CCNC(=O)c1ccc(F)cc1)c1ccccc1C(C)(C)C. The lowest BCUT2D eigenvalue weighted by atomic mass is 9.85. The van der Waals surface area contributed by atoms with E-state index in [0.717, 1.165) is 11.3 Å². The smallest absolute Gasteiger partial charge is 0.251 e. The summed E-state index contributed by atoms with van der Waals surface area (Å²) in [5.74, 6) is -0.765. The molecule has 0 radical (unpaired) electrons. The Balaban J connectivity index is 2.09. The zero-order valence-electron chi connectivity index (χ0n) is 15.7. The third-order valence-corrected chi connectivity index (χ3v) is 4.11. The van der Waals surface area contributed by atoms with E-state index in [0.29, 0.717) is 18.7 Å². The molecule has 2 aromatic rings. The summed E-state index contributed by atoms with van der Waals surface area (Å²) >= 11 is 0. The summed E-state index contributed by atoms with van der Waals surface area (Å²) in [5.41, 5.74) is 2.20. The molecule has 1 N–H and O–H groups in total. The van der Waals surface area contributed by atoms with Crippen molar-refractivity contribution in [1.82, 2.24) is 5.32 Å². The number of para-hydroxylation sites is 1. The molecule has 138 valence electrons. The van der Waals surface area contributed by atoms with E-state index in [1.165, 1.54) is 31.2 Å².